The van der Waals surface area contributed by atoms with Crippen molar-refractivity contribution >= 4 is 11.8 Å². The summed E-state index contributed by atoms with van der Waals surface area (Å²) < 4.78 is 0. The maximum Gasteiger partial charge on any atom is 0.0286 e. The summed E-state index contributed by atoms with van der Waals surface area (Å²) >= 11 is 4.98. The smallest absolute Gasteiger partial charge is 0.0286 e. The molecule has 0 radical (unpaired) electrons. The normalized spacial score (nSPS) is 7.40. The fraction of sp³-hybridized carbons (Fsp3) is 0.333. The lowest BCUT2D eigenvalue weighted by atomic mass is 10.7. The van der Waals surface area contributed by atoms with Crippen molar-refractivity contribution in [2.45, 2.75) is 0 Å². The minimum absolute atomic E-state index is 0.668. The lowest BCUT2D eigenvalue weighted by molar-refractivity contribution is 1.12. The molecule has 0 heterocycles. The Morgan fingerprint density at radius 1 is 2.00 bits per heavy atom. The molecule has 5 heavy (non-hydrogen) atoms. The van der Waals surface area contributed by atoms with E-state index in [-0.39, 0.29) is 0 Å². The molecule has 0 saturated carbocycles. The van der Waals surface area contributed by atoms with Crippen LogP contribution in [0.4, 0.5) is 0 Å². The third kappa shape index (κ3) is 3.99. The third-order valence-corrected chi connectivity index (χ3v) is 0.376. The number of hydrogen-bond acceptors (Lipinski definition) is 1. The molecule has 1 N–H and O–H groups in total. The molecule has 0 aromatic heterocycles. The second-order valence-electron chi connectivity index (χ2n) is 0.626. The highest BCUT2D eigenvalue weighted by Crippen LogP contribution is 1.58. The maximum atomic E-state index is 4.98. The minimum atomic E-state index is 0.668. The number of rotatable bonds is 2. The van der Waals surface area contributed by atoms with Crippen LogP contribution in [0.15, 0.2) is 12.7 Å². The highest BCUT2D eigenvalue weighted by molar-refractivity contribution is 6.13. The van der Waals surface area contributed by atoms with E-state index in [0.29, 0.717) is 6.54 Å². The second kappa shape index (κ2) is 3.99. The van der Waals surface area contributed by atoms with Gasteiger partial charge in [-0.05, 0) is 11.8 Å². The van der Waals surface area contributed by atoms with Crippen molar-refractivity contribution in [1.29, 1.82) is 0 Å². The van der Waals surface area contributed by atoms with Gasteiger partial charge in [-0.2, -0.15) is 0 Å². The van der Waals surface area contributed by atoms with Crippen LogP contribution in [0.5, 0.6) is 0 Å². The van der Waals surface area contributed by atoms with E-state index in [1.54, 1.807) is 6.08 Å². The summed E-state index contributed by atoms with van der Waals surface area (Å²) in [5.74, 6) is 0. The summed E-state index contributed by atoms with van der Waals surface area (Å²) in [4.78, 5) is 2.37. The zero-order valence-electron chi connectivity index (χ0n) is 2.87. The molecule has 0 atom stereocenters. The first kappa shape index (κ1) is 4.99. The number of halogens is 1. The summed E-state index contributed by atoms with van der Waals surface area (Å²) in [5, 5.41) is 0. The Morgan fingerprint density at radius 3 is 2.60 bits per heavy atom. The molecule has 0 saturated heterocycles. The van der Waals surface area contributed by atoms with Crippen molar-refractivity contribution in [2.24, 2.45) is 0 Å². The van der Waals surface area contributed by atoms with E-state index in [9.17, 15) is 0 Å². The van der Waals surface area contributed by atoms with Crippen molar-refractivity contribution in [2.75, 3.05) is 6.54 Å². The van der Waals surface area contributed by atoms with Crippen molar-refractivity contribution < 1.29 is 0 Å². The zero-order chi connectivity index (χ0) is 4.12. The SMILES string of the molecule is C=CCNCl. The van der Waals surface area contributed by atoms with E-state index in [1.165, 1.54) is 0 Å². The summed E-state index contributed by atoms with van der Waals surface area (Å²) in [6.45, 7) is 4.07. The monoisotopic (exact) mass is 91.0 g/mol. The Morgan fingerprint density at radius 2 is 2.60 bits per heavy atom. The minimum Gasteiger partial charge on any atom is -0.230 e. The molecule has 1 nitrogen and oxygen atoms in total. The van der Waals surface area contributed by atoms with Crippen LogP contribution in [0, 0.1) is 0 Å². The van der Waals surface area contributed by atoms with E-state index in [4.69, 9.17) is 11.8 Å². The van der Waals surface area contributed by atoms with Gasteiger partial charge in [0.25, 0.3) is 0 Å². The average molecular weight is 91.5 g/mol. The lowest BCUT2D eigenvalue weighted by Crippen LogP contribution is -1.93. The highest BCUT2D eigenvalue weighted by atomic mass is 35.5. The van der Waals surface area contributed by atoms with Gasteiger partial charge in [0.15, 0.2) is 0 Å². The van der Waals surface area contributed by atoms with Crippen LogP contribution < -0.4 is 4.84 Å². The Bertz CT molecular complexity index is 28.1. The van der Waals surface area contributed by atoms with Gasteiger partial charge in [0.2, 0.25) is 0 Å². The van der Waals surface area contributed by atoms with E-state index in [2.05, 4.69) is 11.4 Å². The summed E-state index contributed by atoms with van der Waals surface area (Å²) in [5.41, 5.74) is 0. The Labute approximate surface area is 36.7 Å². The fourth-order valence-corrected chi connectivity index (χ4v) is 0.164. The fourth-order valence-electron chi connectivity index (χ4n) is 0.0546. The van der Waals surface area contributed by atoms with E-state index in [0.717, 1.165) is 0 Å². The Balaban J connectivity index is 2.40. The van der Waals surface area contributed by atoms with Crippen LogP contribution in [0.25, 0.3) is 0 Å². The second-order valence-corrected chi connectivity index (χ2v) is 0.894. The molecule has 0 aliphatic rings. The molecule has 0 aromatic carbocycles. The van der Waals surface area contributed by atoms with Crippen LogP contribution in [0.3, 0.4) is 0 Å². The first-order chi connectivity index (χ1) is 2.41. The van der Waals surface area contributed by atoms with E-state index < -0.39 is 0 Å². The molecule has 0 aliphatic heterocycles. The quantitative estimate of drug-likeness (QED) is 0.394. The largest absolute Gasteiger partial charge is 0.230 e. The van der Waals surface area contributed by atoms with Crippen LogP contribution >= 0.6 is 11.8 Å². The third-order valence-electron chi connectivity index (χ3n) is 0.221. The van der Waals surface area contributed by atoms with Crippen molar-refractivity contribution in [3.8, 4) is 0 Å². The molecule has 0 spiro atoms. The van der Waals surface area contributed by atoms with Gasteiger partial charge in [0.1, 0.15) is 0 Å². The predicted octanol–water partition coefficient (Wildman–Crippen LogP) is 0.916. The van der Waals surface area contributed by atoms with Crippen molar-refractivity contribution in [1.82, 2.24) is 4.84 Å². The van der Waals surface area contributed by atoms with Gasteiger partial charge in [0.05, 0.1) is 0 Å². The molecule has 2 heteroatoms. The van der Waals surface area contributed by atoms with Gasteiger partial charge in [-0.15, -0.1) is 6.58 Å². The molecule has 0 aromatic rings. The topological polar surface area (TPSA) is 12.0 Å². The van der Waals surface area contributed by atoms with Gasteiger partial charge in [0, 0.05) is 6.54 Å². The van der Waals surface area contributed by atoms with Gasteiger partial charge in [-0.3, -0.25) is 0 Å². The van der Waals surface area contributed by atoms with Gasteiger partial charge in [-0.25, -0.2) is 4.84 Å². The molecule has 0 fully saturated rings. The van der Waals surface area contributed by atoms with Crippen LogP contribution in [-0.2, 0) is 0 Å². The maximum absolute atomic E-state index is 4.98. The Kier molecular flexibility index (Phi) is 3.98. The summed E-state index contributed by atoms with van der Waals surface area (Å²) in [7, 11) is 0. The van der Waals surface area contributed by atoms with E-state index in [1.807, 2.05) is 0 Å². The molecule has 0 amide bonds. The zero-order valence-corrected chi connectivity index (χ0v) is 3.63. The number of hydrogen-bond donors (Lipinski definition) is 1. The summed E-state index contributed by atoms with van der Waals surface area (Å²) in [6, 6.07) is 0. The van der Waals surface area contributed by atoms with Crippen molar-refractivity contribution in [3.05, 3.63) is 12.7 Å². The molecule has 0 unspecified atom stereocenters. The van der Waals surface area contributed by atoms with Crippen LogP contribution in [0.2, 0.25) is 0 Å². The molecular formula is C3H6ClN. The molecule has 0 bridgehead atoms. The molecule has 0 aliphatic carbocycles. The van der Waals surface area contributed by atoms with Crippen LogP contribution in [-0.4, -0.2) is 6.54 Å². The number of nitrogens with one attached hydrogen (secondary N) is 1. The van der Waals surface area contributed by atoms with Gasteiger partial charge < -0.3 is 0 Å². The van der Waals surface area contributed by atoms with Gasteiger partial charge >= 0.3 is 0 Å². The standard InChI is InChI=1S/C3H6ClN/c1-2-3-5-4/h2,5H,1,3H2. The predicted molar refractivity (Wildman–Crippen MR) is 24.1 cm³/mol. The van der Waals surface area contributed by atoms with Crippen molar-refractivity contribution in [3.63, 3.8) is 0 Å². The lowest BCUT2D eigenvalue weighted by Gasteiger charge is -1.75. The highest BCUT2D eigenvalue weighted by Gasteiger charge is 1.59. The Hall–Kier alpha value is -0.0100. The first-order valence-electron chi connectivity index (χ1n) is 1.36. The molecule has 30 valence electrons. The average Bonchev–Trinajstić information content (AvgIpc) is 1.41. The van der Waals surface area contributed by atoms with E-state index >= 15 is 0 Å². The molecule has 0 rings (SSSR count). The molecular weight excluding hydrogens is 85.5 g/mol. The van der Waals surface area contributed by atoms with Gasteiger partial charge in [-0.1, -0.05) is 6.08 Å². The van der Waals surface area contributed by atoms with Crippen LogP contribution in [0.1, 0.15) is 0 Å². The first-order valence-corrected chi connectivity index (χ1v) is 1.74. The summed E-state index contributed by atoms with van der Waals surface area (Å²) in [6.07, 6.45) is 1.69.